The van der Waals surface area contributed by atoms with E-state index in [1.807, 2.05) is 32.0 Å². The summed E-state index contributed by atoms with van der Waals surface area (Å²) in [5, 5.41) is 0. The molecular weight excluding hydrogens is 250 g/mol. The van der Waals surface area contributed by atoms with Gasteiger partial charge in [0.1, 0.15) is 0 Å². The average molecular weight is 269 g/mol. The molecule has 104 valence electrons. The number of hydrogen-bond acceptors (Lipinski definition) is 3. The fraction of sp³-hybridized carbons (Fsp3) is 0.250. The molecule has 1 heterocycles. The molecule has 2 N–H and O–H groups in total. The number of nitrogen functional groups attached to an aromatic ring is 1. The number of carbonyl (C=O) groups is 1. The van der Waals surface area contributed by atoms with Crippen LogP contribution in [0.15, 0.2) is 42.7 Å². The second-order valence-corrected chi connectivity index (χ2v) is 4.94. The second-order valence-electron chi connectivity index (χ2n) is 4.94. The van der Waals surface area contributed by atoms with Crippen molar-refractivity contribution in [2.75, 3.05) is 12.8 Å². The number of hydrogen-bond donors (Lipinski definition) is 1. The van der Waals surface area contributed by atoms with Crippen LogP contribution in [-0.2, 0) is 0 Å². The van der Waals surface area contributed by atoms with Gasteiger partial charge in [-0.25, -0.2) is 0 Å². The molecule has 1 atom stereocenters. The number of nitrogens with two attached hydrogens (primary N) is 1. The zero-order valence-corrected chi connectivity index (χ0v) is 12.0. The number of benzene rings is 1. The summed E-state index contributed by atoms with van der Waals surface area (Å²) >= 11 is 0. The molecule has 20 heavy (non-hydrogen) atoms. The summed E-state index contributed by atoms with van der Waals surface area (Å²) in [6, 6.07) is 9.19. The van der Waals surface area contributed by atoms with E-state index in [-0.39, 0.29) is 11.9 Å². The topological polar surface area (TPSA) is 59.2 Å². The Morgan fingerprint density at radius 2 is 1.90 bits per heavy atom. The van der Waals surface area contributed by atoms with Crippen LogP contribution in [0.3, 0.4) is 0 Å². The van der Waals surface area contributed by atoms with Gasteiger partial charge in [-0.3, -0.25) is 9.78 Å². The molecule has 4 nitrogen and oxygen atoms in total. The van der Waals surface area contributed by atoms with E-state index in [0.717, 1.165) is 11.1 Å². The van der Waals surface area contributed by atoms with E-state index in [9.17, 15) is 4.79 Å². The Morgan fingerprint density at radius 1 is 1.25 bits per heavy atom. The van der Waals surface area contributed by atoms with Crippen molar-refractivity contribution in [1.29, 1.82) is 0 Å². The van der Waals surface area contributed by atoms with Gasteiger partial charge in [-0.15, -0.1) is 0 Å². The van der Waals surface area contributed by atoms with Crippen LogP contribution >= 0.6 is 0 Å². The van der Waals surface area contributed by atoms with Crippen molar-refractivity contribution in [3.05, 3.63) is 59.4 Å². The maximum Gasteiger partial charge on any atom is 0.254 e. The van der Waals surface area contributed by atoms with Crippen LogP contribution in [0.2, 0.25) is 0 Å². The summed E-state index contributed by atoms with van der Waals surface area (Å²) in [7, 11) is 1.80. The van der Waals surface area contributed by atoms with Gasteiger partial charge in [0.15, 0.2) is 0 Å². The smallest absolute Gasteiger partial charge is 0.254 e. The van der Waals surface area contributed by atoms with E-state index in [4.69, 9.17) is 5.73 Å². The van der Waals surface area contributed by atoms with Gasteiger partial charge in [0, 0.05) is 30.7 Å². The Labute approximate surface area is 119 Å². The highest BCUT2D eigenvalue weighted by atomic mass is 16.2. The monoisotopic (exact) mass is 269 g/mol. The number of pyridine rings is 1. The number of amides is 1. The van der Waals surface area contributed by atoms with E-state index in [1.165, 1.54) is 0 Å². The summed E-state index contributed by atoms with van der Waals surface area (Å²) in [5.41, 5.74) is 9.11. The minimum Gasteiger partial charge on any atom is -0.399 e. The quantitative estimate of drug-likeness (QED) is 0.872. The summed E-state index contributed by atoms with van der Waals surface area (Å²) in [5.74, 6) is -0.0163. The molecule has 0 saturated heterocycles. The van der Waals surface area contributed by atoms with Crippen LogP contribution in [0, 0.1) is 6.92 Å². The fourth-order valence-electron chi connectivity index (χ4n) is 2.05. The van der Waals surface area contributed by atoms with Crippen molar-refractivity contribution in [3.63, 3.8) is 0 Å². The molecule has 1 aromatic heterocycles. The molecule has 1 amide bonds. The van der Waals surface area contributed by atoms with Gasteiger partial charge >= 0.3 is 0 Å². The molecule has 1 unspecified atom stereocenters. The molecule has 0 aliphatic carbocycles. The van der Waals surface area contributed by atoms with Gasteiger partial charge in [0.2, 0.25) is 0 Å². The lowest BCUT2D eigenvalue weighted by molar-refractivity contribution is 0.0742. The Kier molecular flexibility index (Phi) is 4.03. The van der Waals surface area contributed by atoms with E-state index in [2.05, 4.69) is 4.98 Å². The van der Waals surface area contributed by atoms with Crippen LogP contribution < -0.4 is 5.73 Å². The van der Waals surface area contributed by atoms with Crippen LogP contribution in [-0.4, -0.2) is 22.8 Å². The summed E-state index contributed by atoms with van der Waals surface area (Å²) in [6.07, 6.45) is 3.47. The number of aryl methyl sites for hydroxylation is 1. The van der Waals surface area contributed by atoms with Crippen molar-refractivity contribution in [1.82, 2.24) is 9.88 Å². The number of nitrogens with zero attached hydrogens (tertiary/aromatic N) is 2. The highest BCUT2D eigenvalue weighted by Crippen LogP contribution is 2.21. The molecule has 0 aliphatic rings. The molecular formula is C16H19N3O. The zero-order chi connectivity index (χ0) is 14.7. The molecule has 0 saturated carbocycles. The lowest BCUT2D eigenvalue weighted by Gasteiger charge is -2.25. The summed E-state index contributed by atoms with van der Waals surface area (Å²) < 4.78 is 0. The van der Waals surface area contributed by atoms with Crippen molar-refractivity contribution < 1.29 is 4.79 Å². The molecule has 0 spiro atoms. The maximum absolute atomic E-state index is 12.5. The minimum absolute atomic E-state index is 0.0108. The minimum atomic E-state index is -0.0163. The first-order valence-corrected chi connectivity index (χ1v) is 6.54. The third-order valence-electron chi connectivity index (χ3n) is 3.61. The third-order valence-corrected chi connectivity index (χ3v) is 3.61. The number of anilines is 1. The van der Waals surface area contributed by atoms with E-state index >= 15 is 0 Å². The van der Waals surface area contributed by atoms with Crippen molar-refractivity contribution in [3.8, 4) is 0 Å². The molecule has 0 bridgehead atoms. The standard InChI is InChI=1S/C16H19N3O/c1-11-10-14(4-5-15(11)17)16(20)19(3)12(2)13-6-8-18-9-7-13/h4-10,12H,17H2,1-3H3. The largest absolute Gasteiger partial charge is 0.399 e. The van der Waals surface area contributed by atoms with Crippen LogP contribution in [0.4, 0.5) is 5.69 Å². The normalized spacial score (nSPS) is 11.9. The van der Waals surface area contributed by atoms with Gasteiger partial charge in [-0.1, -0.05) is 0 Å². The third kappa shape index (κ3) is 2.79. The Balaban J connectivity index is 2.22. The molecule has 4 heteroatoms. The average Bonchev–Trinajstić information content (AvgIpc) is 2.48. The van der Waals surface area contributed by atoms with Gasteiger partial charge in [0.25, 0.3) is 5.91 Å². The first kappa shape index (κ1) is 14.1. The highest BCUT2D eigenvalue weighted by Gasteiger charge is 2.19. The summed E-state index contributed by atoms with van der Waals surface area (Å²) in [4.78, 5) is 18.2. The molecule has 0 fully saturated rings. The van der Waals surface area contributed by atoms with Gasteiger partial charge in [-0.05, 0) is 55.3 Å². The first-order valence-electron chi connectivity index (χ1n) is 6.54. The number of carbonyl (C=O) groups excluding carboxylic acids is 1. The number of rotatable bonds is 3. The van der Waals surface area contributed by atoms with E-state index in [0.29, 0.717) is 11.3 Å². The van der Waals surface area contributed by atoms with Crippen molar-refractivity contribution in [2.24, 2.45) is 0 Å². The predicted octanol–water partition coefficient (Wildman–Crippen LogP) is 2.81. The first-order chi connectivity index (χ1) is 9.50. The fourth-order valence-corrected chi connectivity index (χ4v) is 2.05. The Morgan fingerprint density at radius 3 is 2.50 bits per heavy atom. The predicted molar refractivity (Wildman–Crippen MR) is 80.3 cm³/mol. The molecule has 0 radical (unpaired) electrons. The van der Waals surface area contributed by atoms with Crippen LogP contribution in [0.5, 0.6) is 0 Å². The van der Waals surface area contributed by atoms with Gasteiger partial charge in [-0.2, -0.15) is 0 Å². The van der Waals surface area contributed by atoms with Crippen LogP contribution in [0.1, 0.15) is 34.5 Å². The highest BCUT2D eigenvalue weighted by molar-refractivity contribution is 5.95. The number of aromatic nitrogens is 1. The Hall–Kier alpha value is -2.36. The van der Waals surface area contributed by atoms with E-state index in [1.54, 1.807) is 36.5 Å². The Bertz CT molecular complexity index is 610. The van der Waals surface area contributed by atoms with Gasteiger partial charge in [0.05, 0.1) is 6.04 Å². The van der Waals surface area contributed by atoms with E-state index < -0.39 is 0 Å². The second kappa shape index (κ2) is 5.74. The molecule has 2 aromatic rings. The maximum atomic E-state index is 12.5. The summed E-state index contributed by atoms with van der Waals surface area (Å²) in [6.45, 7) is 3.90. The SMILES string of the molecule is Cc1cc(C(=O)N(C)C(C)c2ccncc2)ccc1N. The van der Waals surface area contributed by atoms with Crippen LogP contribution in [0.25, 0.3) is 0 Å². The molecule has 1 aromatic carbocycles. The van der Waals surface area contributed by atoms with Crippen molar-refractivity contribution >= 4 is 11.6 Å². The lowest BCUT2D eigenvalue weighted by atomic mass is 10.1. The lowest BCUT2D eigenvalue weighted by Crippen LogP contribution is -2.29. The van der Waals surface area contributed by atoms with Crippen molar-refractivity contribution in [2.45, 2.75) is 19.9 Å². The molecule has 0 aliphatic heterocycles. The van der Waals surface area contributed by atoms with Gasteiger partial charge < -0.3 is 10.6 Å². The molecule has 2 rings (SSSR count). The zero-order valence-electron chi connectivity index (χ0n) is 12.0.